The number of amides is 1. The lowest BCUT2D eigenvalue weighted by Crippen LogP contribution is -2.43. The van der Waals surface area contributed by atoms with Crippen molar-refractivity contribution in [2.75, 3.05) is 19.8 Å². The van der Waals surface area contributed by atoms with E-state index in [-0.39, 0.29) is 23.3 Å². The predicted molar refractivity (Wildman–Crippen MR) is 79.2 cm³/mol. The SMILES string of the molecule is Cc1ccc(C2COCCN2C(=O)c2cccc(C(=O)O)n2)o1. The van der Waals surface area contributed by atoms with Crippen LogP contribution in [0, 0.1) is 6.92 Å². The number of carboxylic acids is 1. The second-order valence-electron chi connectivity index (χ2n) is 5.25. The zero-order valence-electron chi connectivity index (χ0n) is 12.6. The van der Waals surface area contributed by atoms with Crippen molar-refractivity contribution in [2.24, 2.45) is 0 Å². The van der Waals surface area contributed by atoms with E-state index in [4.69, 9.17) is 14.3 Å². The Labute approximate surface area is 132 Å². The maximum atomic E-state index is 12.7. The van der Waals surface area contributed by atoms with Crippen LogP contribution in [0.3, 0.4) is 0 Å². The van der Waals surface area contributed by atoms with Crippen LogP contribution in [0.4, 0.5) is 0 Å². The smallest absolute Gasteiger partial charge is 0.354 e. The van der Waals surface area contributed by atoms with Crippen LogP contribution < -0.4 is 0 Å². The fourth-order valence-electron chi connectivity index (χ4n) is 2.54. The molecule has 1 N–H and O–H groups in total. The highest BCUT2D eigenvalue weighted by Gasteiger charge is 2.32. The van der Waals surface area contributed by atoms with Crippen LogP contribution in [0.5, 0.6) is 0 Å². The summed E-state index contributed by atoms with van der Waals surface area (Å²) < 4.78 is 11.1. The molecule has 1 amide bonds. The minimum Gasteiger partial charge on any atom is -0.477 e. The van der Waals surface area contributed by atoms with Crippen LogP contribution in [-0.4, -0.2) is 46.6 Å². The van der Waals surface area contributed by atoms with Crippen molar-refractivity contribution in [3.63, 3.8) is 0 Å². The van der Waals surface area contributed by atoms with E-state index in [2.05, 4.69) is 4.98 Å². The van der Waals surface area contributed by atoms with Gasteiger partial charge in [-0.15, -0.1) is 0 Å². The lowest BCUT2D eigenvalue weighted by molar-refractivity contribution is -0.00925. The molecule has 7 nitrogen and oxygen atoms in total. The summed E-state index contributed by atoms with van der Waals surface area (Å²) in [6.45, 7) is 2.97. The molecule has 0 spiro atoms. The van der Waals surface area contributed by atoms with Gasteiger partial charge in [0, 0.05) is 6.54 Å². The molecule has 2 aromatic heterocycles. The molecule has 7 heteroatoms. The molecule has 0 saturated carbocycles. The van der Waals surface area contributed by atoms with Crippen LogP contribution in [-0.2, 0) is 4.74 Å². The second-order valence-corrected chi connectivity index (χ2v) is 5.25. The number of rotatable bonds is 3. The number of aromatic carboxylic acids is 1. The number of morpholine rings is 1. The third-order valence-corrected chi connectivity index (χ3v) is 3.67. The number of hydrogen-bond donors (Lipinski definition) is 1. The van der Waals surface area contributed by atoms with Crippen LogP contribution in [0.25, 0.3) is 0 Å². The molecule has 0 bridgehead atoms. The number of hydrogen-bond acceptors (Lipinski definition) is 5. The molecule has 0 aliphatic carbocycles. The molecule has 1 fully saturated rings. The van der Waals surface area contributed by atoms with E-state index in [0.29, 0.717) is 25.5 Å². The Hall–Kier alpha value is -2.67. The topological polar surface area (TPSA) is 92.9 Å². The van der Waals surface area contributed by atoms with Gasteiger partial charge in [0.2, 0.25) is 0 Å². The molecule has 3 heterocycles. The number of nitrogens with zero attached hydrogens (tertiary/aromatic N) is 2. The van der Waals surface area contributed by atoms with Gasteiger partial charge in [-0.25, -0.2) is 9.78 Å². The molecule has 1 aliphatic rings. The molecule has 0 aromatic carbocycles. The van der Waals surface area contributed by atoms with Gasteiger partial charge in [-0.1, -0.05) is 6.07 Å². The Morgan fingerprint density at radius 1 is 1.26 bits per heavy atom. The molecular formula is C16H16N2O5. The summed E-state index contributed by atoms with van der Waals surface area (Å²) in [5.74, 6) is -0.107. The number of pyridine rings is 1. The van der Waals surface area contributed by atoms with Gasteiger partial charge in [0.1, 0.15) is 29.0 Å². The van der Waals surface area contributed by atoms with Crippen LogP contribution in [0.15, 0.2) is 34.7 Å². The second kappa shape index (κ2) is 6.21. The van der Waals surface area contributed by atoms with Gasteiger partial charge >= 0.3 is 5.97 Å². The molecule has 1 unspecified atom stereocenters. The van der Waals surface area contributed by atoms with E-state index < -0.39 is 5.97 Å². The van der Waals surface area contributed by atoms with Crippen molar-refractivity contribution in [3.05, 3.63) is 53.2 Å². The van der Waals surface area contributed by atoms with Gasteiger partial charge in [-0.05, 0) is 31.2 Å². The third-order valence-electron chi connectivity index (χ3n) is 3.67. The Kier molecular flexibility index (Phi) is 4.12. The van der Waals surface area contributed by atoms with E-state index in [9.17, 15) is 9.59 Å². The van der Waals surface area contributed by atoms with Crippen molar-refractivity contribution in [1.82, 2.24) is 9.88 Å². The molecule has 2 aromatic rings. The number of ether oxygens (including phenoxy) is 1. The largest absolute Gasteiger partial charge is 0.477 e. The van der Waals surface area contributed by atoms with Gasteiger partial charge in [0.05, 0.1) is 13.2 Å². The first-order valence-electron chi connectivity index (χ1n) is 7.21. The van der Waals surface area contributed by atoms with Gasteiger partial charge in [-0.2, -0.15) is 0 Å². The zero-order chi connectivity index (χ0) is 16.4. The molecule has 120 valence electrons. The summed E-state index contributed by atoms with van der Waals surface area (Å²) in [6.07, 6.45) is 0. The minimum atomic E-state index is -1.17. The van der Waals surface area contributed by atoms with E-state index >= 15 is 0 Å². The highest BCUT2D eigenvalue weighted by atomic mass is 16.5. The molecule has 1 aliphatic heterocycles. The number of aryl methyl sites for hydroxylation is 1. The molecule has 0 radical (unpaired) electrons. The number of furan rings is 1. The van der Waals surface area contributed by atoms with E-state index in [1.807, 2.05) is 19.1 Å². The summed E-state index contributed by atoms with van der Waals surface area (Å²) in [7, 11) is 0. The highest BCUT2D eigenvalue weighted by molar-refractivity contribution is 5.94. The standard InChI is InChI=1S/C16H16N2O5/c1-10-5-6-14(23-10)13-9-22-8-7-18(13)15(19)11-3-2-4-12(17-11)16(20)21/h2-6,13H,7-9H2,1H3,(H,20,21). The van der Waals surface area contributed by atoms with Crippen LogP contribution in [0.2, 0.25) is 0 Å². The Morgan fingerprint density at radius 2 is 2.04 bits per heavy atom. The summed E-state index contributed by atoms with van der Waals surface area (Å²) >= 11 is 0. The summed E-state index contributed by atoms with van der Waals surface area (Å²) in [5.41, 5.74) is -0.0606. The number of aromatic nitrogens is 1. The number of carbonyl (C=O) groups is 2. The fourth-order valence-corrected chi connectivity index (χ4v) is 2.54. The van der Waals surface area contributed by atoms with E-state index in [1.165, 1.54) is 18.2 Å². The van der Waals surface area contributed by atoms with Gasteiger partial charge < -0.3 is 19.2 Å². The molecule has 23 heavy (non-hydrogen) atoms. The Morgan fingerprint density at radius 3 is 2.74 bits per heavy atom. The lowest BCUT2D eigenvalue weighted by Gasteiger charge is -2.34. The zero-order valence-corrected chi connectivity index (χ0v) is 12.6. The monoisotopic (exact) mass is 316 g/mol. The average Bonchev–Trinajstić information content (AvgIpc) is 3.00. The summed E-state index contributed by atoms with van der Waals surface area (Å²) in [4.78, 5) is 29.3. The van der Waals surface area contributed by atoms with Crippen molar-refractivity contribution in [2.45, 2.75) is 13.0 Å². The Bertz CT molecular complexity index is 740. The normalized spacial score (nSPS) is 18.0. The van der Waals surface area contributed by atoms with Gasteiger partial charge in [-0.3, -0.25) is 4.79 Å². The molecule has 3 rings (SSSR count). The van der Waals surface area contributed by atoms with Crippen molar-refractivity contribution in [3.8, 4) is 0 Å². The maximum Gasteiger partial charge on any atom is 0.354 e. The van der Waals surface area contributed by atoms with Crippen molar-refractivity contribution in [1.29, 1.82) is 0 Å². The first-order chi connectivity index (χ1) is 11.1. The summed E-state index contributed by atoms with van der Waals surface area (Å²) in [5, 5.41) is 9.01. The highest BCUT2D eigenvalue weighted by Crippen LogP contribution is 2.27. The van der Waals surface area contributed by atoms with Gasteiger partial charge in [0.15, 0.2) is 0 Å². The quantitative estimate of drug-likeness (QED) is 0.929. The van der Waals surface area contributed by atoms with E-state index in [0.717, 1.165) is 5.76 Å². The average molecular weight is 316 g/mol. The molecule has 1 saturated heterocycles. The van der Waals surface area contributed by atoms with Gasteiger partial charge in [0.25, 0.3) is 5.91 Å². The first kappa shape index (κ1) is 15.2. The van der Waals surface area contributed by atoms with Crippen molar-refractivity contribution < 1.29 is 23.8 Å². The fraction of sp³-hybridized carbons (Fsp3) is 0.312. The van der Waals surface area contributed by atoms with Crippen LogP contribution in [0.1, 0.15) is 38.5 Å². The van der Waals surface area contributed by atoms with Crippen molar-refractivity contribution >= 4 is 11.9 Å². The Balaban J connectivity index is 1.89. The molecular weight excluding hydrogens is 300 g/mol. The first-order valence-corrected chi connectivity index (χ1v) is 7.21. The number of carbonyl (C=O) groups excluding carboxylic acids is 1. The lowest BCUT2D eigenvalue weighted by atomic mass is 10.1. The minimum absolute atomic E-state index is 0.0973. The third kappa shape index (κ3) is 3.09. The van der Waals surface area contributed by atoms with E-state index in [1.54, 1.807) is 4.90 Å². The number of carboxylic acid groups (broad SMARTS) is 1. The van der Waals surface area contributed by atoms with Crippen LogP contribution >= 0.6 is 0 Å². The maximum absolute atomic E-state index is 12.7. The molecule has 1 atom stereocenters. The predicted octanol–water partition coefficient (Wildman–Crippen LogP) is 1.89. The summed E-state index contributed by atoms with van der Waals surface area (Å²) in [6, 6.07) is 7.67.